The Hall–Kier alpha value is -0.620. The van der Waals surface area contributed by atoms with Gasteiger partial charge < -0.3 is 4.90 Å². The van der Waals surface area contributed by atoms with Gasteiger partial charge in [0.15, 0.2) is 0 Å². The molecule has 0 spiro atoms. The highest BCUT2D eigenvalue weighted by Gasteiger charge is 2.38. The fraction of sp³-hybridized carbons (Fsp3) is 0.455. The van der Waals surface area contributed by atoms with E-state index in [0.29, 0.717) is 6.54 Å². The molecule has 0 bridgehead atoms. The van der Waals surface area contributed by atoms with Gasteiger partial charge in [-0.15, -0.1) is 0 Å². The molecule has 0 aliphatic carbocycles. The van der Waals surface area contributed by atoms with Crippen LogP contribution in [-0.2, 0) is 6.54 Å². The van der Waals surface area contributed by atoms with Crippen LogP contribution >= 0.6 is 15.9 Å². The summed E-state index contributed by atoms with van der Waals surface area (Å²) in [5.41, 5.74) is 0.774. The van der Waals surface area contributed by atoms with Gasteiger partial charge in [0.2, 0.25) is 0 Å². The molecule has 0 saturated carbocycles. The number of alkyl halides is 4. The first-order valence-corrected chi connectivity index (χ1v) is 5.84. The Morgan fingerprint density at radius 2 is 1.76 bits per heavy atom. The summed E-state index contributed by atoms with van der Waals surface area (Å²) in [5, 5.41) is 0. The molecule has 1 aromatic rings. The third kappa shape index (κ3) is 5.04. The first-order valence-electron chi connectivity index (χ1n) is 4.93. The molecule has 1 rings (SSSR count). The van der Waals surface area contributed by atoms with Crippen molar-refractivity contribution in [2.45, 2.75) is 17.5 Å². The Morgan fingerprint density at radius 1 is 1.24 bits per heavy atom. The van der Waals surface area contributed by atoms with E-state index in [0.717, 1.165) is 5.56 Å². The number of hydrogen-bond donors (Lipinski definition) is 0. The van der Waals surface area contributed by atoms with E-state index in [-0.39, 0.29) is 12.4 Å². The smallest absolute Gasteiger partial charge is 0.301 e. The van der Waals surface area contributed by atoms with Crippen molar-refractivity contribution in [1.29, 1.82) is 0 Å². The molecule has 6 heteroatoms. The average Bonchev–Trinajstić information content (AvgIpc) is 2.20. The van der Waals surface area contributed by atoms with Crippen molar-refractivity contribution < 1.29 is 17.6 Å². The van der Waals surface area contributed by atoms with Gasteiger partial charge in [-0.3, -0.25) is 0 Å². The zero-order valence-electron chi connectivity index (χ0n) is 9.14. The number of nitrogens with zero attached hydrogens (tertiary/aromatic N) is 1. The van der Waals surface area contributed by atoms with E-state index >= 15 is 0 Å². The van der Waals surface area contributed by atoms with E-state index in [2.05, 4.69) is 15.9 Å². The van der Waals surface area contributed by atoms with E-state index in [9.17, 15) is 17.6 Å². The normalized spacial score (nSPS) is 14.1. The minimum Gasteiger partial charge on any atom is -0.301 e. The maximum atomic E-state index is 12.6. The highest BCUT2D eigenvalue weighted by Crippen LogP contribution is 2.27. The van der Waals surface area contributed by atoms with Crippen LogP contribution in [0.5, 0.6) is 0 Å². The lowest BCUT2D eigenvalue weighted by Crippen LogP contribution is -2.35. The Bertz CT molecular complexity index is 349. The first-order chi connectivity index (χ1) is 7.79. The van der Waals surface area contributed by atoms with E-state index in [4.69, 9.17) is 0 Å². The fourth-order valence-electron chi connectivity index (χ4n) is 1.34. The molecule has 0 heterocycles. The topological polar surface area (TPSA) is 3.24 Å². The van der Waals surface area contributed by atoms with Crippen molar-refractivity contribution in [2.24, 2.45) is 0 Å². The summed E-state index contributed by atoms with van der Waals surface area (Å²) in [4.78, 5) is -0.0272. The minimum absolute atomic E-state index is 0.152. The van der Waals surface area contributed by atoms with Crippen molar-refractivity contribution in [2.75, 3.05) is 13.6 Å². The van der Waals surface area contributed by atoms with Crippen LogP contribution < -0.4 is 0 Å². The summed E-state index contributed by atoms with van der Waals surface area (Å²) in [6.07, 6.45) is -4.25. The Morgan fingerprint density at radius 3 is 2.24 bits per heavy atom. The summed E-state index contributed by atoms with van der Waals surface area (Å²) in [6, 6.07) is 5.70. The van der Waals surface area contributed by atoms with Crippen LogP contribution in [0.4, 0.5) is 17.6 Å². The number of benzene rings is 1. The summed E-state index contributed by atoms with van der Waals surface area (Å²) in [7, 11) is 1.59. The van der Waals surface area contributed by atoms with Crippen molar-refractivity contribution in [3.8, 4) is 0 Å². The Labute approximate surface area is 106 Å². The Kier molecular flexibility index (Phi) is 4.94. The summed E-state index contributed by atoms with van der Waals surface area (Å²) in [5.74, 6) is -0.356. The molecule has 0 aromatic heterocycles. The van der Waals surface area contributed by atoms with Crippen LogP contribution in [0, 0.1) is 5.82 Å². The van der Waals surface area contributed by atoms with Gasteiger partial charge in [-0.1, -0.05) is 28.1 Å². The highest BCUT2D eigenvalue weighted by atomic mass is 79.9. The van der Waals surface area contributed by atoms with Crippen LogP contribution in [0.15, 0.2) is 24.3 Å². The Balaban J connectivity index is 2.50. The highest BCUT2D eigenvalue weighted by molar-refractivity contribution is 9.09. The molecule has 0 N–H and O–H groups in total. The van der Waals surface area contributed by atoms with Crippen molar-refractivity contribution >= 4 is 15.9 Å². The lowest BCUT2D eigenvalue weighted by atomic mass is 10.2. The molecule has 1 atom stereocenters. The van der Waals surface area contributed by atoms with Gasteiger partial charge in [-0.05, 0) is 24.7 Å². The molecule has 0 radical (unpaired) electrons. The lowest BCUT2D eigenvalue weighted by molar-refractivity contribution is -0.130. The molecular formula is C11H12BrF4N. The molecule has 0 saturated heterocycles. The number of hydrogen-bond acceptors (Lipinski definition) is 1. The van der Waals surface area contributed by atoms with E-state index in [1.165, 1.54) is 17.0 Å². The van der Waals surface area contributed by atoms with Gasteiger partial charge in [0.25, 0.3) is 0 Å². The maximum absolute atomic E-state index is 12.6. The molecule has 17 heavy (non-hydrogen) atoms. The third-order valence-corrected chi connectivity index (χ3v) is 3.00. The summed E-state index contributed by atoms with van der Waals surface area (Å²) in [6.45, 7) is 0.194. The second-order valence-electron chi connectivity index (χ2n) is 3.83. The minimum atomic E-state index is -4.25. The average molecular weight is 314 g/mol. The second-order valence-corrected chi connectivity index (χ2v) is 4.94. The molecule has 0 fully saturated rings. The van der Waals surface area contributed by atoms with Crippen LogP contribution in [0.3, 0.4) is 0 Å². The number of rotatable bonds is 4. The van der Waals surface area contributed by atoms with Gasteiger partial charge in [0, 0.05) is 13.1 Å². The monoisotopic (exact) mass is 313 g/mol. The molecule has 0 aliphatic rings. The predicted molar refractivity (Wildman–Crippen MR) is 61.5 cm³/mol. The van der Waals surface area contributed by atoms with Crippen LogP contribution in [0.2, 0.25) is 0 Å². The van der Waals surface area contributed by atoms with E-state index in [1.54, 1.807) is 19.2 Å². The molecular weight excluding hydrogens is 302 g/mol. The van der Waals surface area contributed by atoms with Crippen LogP contribution in [0.25, 0.3) is 0 Å². The lowest BCUT2D eigenvalue weighted by Gasteiger charge is -2.22. The summed E-state index contributed by atoms with van der Waals surface area (Å²) >= 11 is 2.60. The maximum Gasteiger partial charge on any atom is 0.402 e. The van der Waals surface area contributed by atoms with E-state index in [1.807, 2.05) is 0 Å². The first kappa shape index (κ1) is 14.4. The van der Waals surface area contributed by atoms with Gasteiger partial charge in [-0.25, -0.2) is 4.39 Å². The quantitative estimate of drug-likeness (QED) is 0.606. The summed E-state index contributed by atoms with van der Waals surface area (Å²) < 4.78 is 49.5. The van der Waals surface area contributed by atoms with E-state index < -0.39 is 11.0 Å². The molecule has 96 valence electrons. The van der Waals surface area contributed by atoms with Gasteiger partial charge in [0.1, 0.15) is 10.6 Å². The van der Waals surface area contributed by atoms with Gasteiger partial charge in [-0.2, -0.15) is 13.2 Å². The fourth-order valence-corrected chi connectivity index (χ4v) is 1.84. The predicted octanol–water partition coefficient (Wildman–Crippen LogP) is 3.58. The standard InChI is InChI=1S/C11H12BrF4N/c1-17(7-10(12)11(14,15)16)6-8-2-4-9(13)5-3-8/h2-5,10H,6-7H2,1H3. The van der Waals surface area contributed by atoms with Crippen LogP contribution in [0.1, 0.15) is 5.56 Å². The van der Waals surface area contributed by atoms with Crippen LogP contribution in [-0.4, -0.2) is 29.5 Å². The molecule has 0 aliphatic heterocycles. The zero-order valence-corrected chi connectivity index (χ0v) is 10.7. The second kappa shape index (κ2) is 5.82. The van der Waals surface area contributed by atoms with Gasteiger partial charge in [0.05, 0.1) is 0 Å². The SMILES string of the molecule is CN(Cc1ccc(F)cc1)CC(Br)C(F)(F)F. The molecule has 0 amide bonds. The zero-order chi connectivity index (χ0) is 13.1. The molecule has 1 nitrogen and oxygen atoms in total. The molecule has 1 unspecified atom stereocenters. The van der Waals surface area contributed by atoms with Crippen molar-refractivity contribution in [3.05, 3.63) is 35.6 Å². The number of halogens is 5. The molecule has 1 aromatic carbocycles. The van der Waals surface area contributed by atoms with Gasteiger partial charge >= 0.3 is 6.18 Å². The van der Waals surface area contributed by atoms with Crippen molar-refractivity contribution in [3.63, 3.8) is 0 Å². The van der Waals surface area contributed by atoms with Crippen molar-refractivity contribution in [1.82, 2.24) is 4.90 Å². The largest absolute Gasteiger partial charge is 0.402 e. The third-order valence-electron chi connectivity index (χ3n) is 2.19.